The molecule has 1 aliphatic rings. The van der Waals surface area contributed by atoms with Crippen molar-refractivity contribution in [1.29, 1.82) is 0 Å². The maximum absolute atomic E-state index is 13.2. The summed E-state index contributed by atoms with van der Waals surface area (Å²) >= 11 is 6.22. The van der Waals surface area contributed by atoms with Gasteiger partial charge in [0.2, 0.25) is 0 Å². The van der Waals surface area contributed by atoms with Crippen molar-refractivity contribution in [2.45, 2.75) is 13.0 Å². The number of para-hydroxylation sites is 1. The second-order valence-electron chi connectivity index (χ2n) is 6.18. The minimum absolute atomic E-state index is 0.0713. The van der Waals surface area contributed by atoms with Crippen LogP contribution in [0.4, 0.5) is 0 Å². The van der Waals surface area contributed by atoms with Crippen LogP contribution in [0.1, 0.15) is 27.7 Å². The smallest absolute Gasteiger partial charge is 0.290 e. The van der Waals surface area contributed by atoms with Crippen LogP contribution in [0.15, 0.2) is 47.1 Å². The topological polar surface area (TPSA) is 58.4 Å². The predicted molar refractivity (Wildman–Crippen MR) is 96.8 cm³/mol. The number of benzene rings is 1. The van der Waals surface area contributed by atoms with Gasteiger partial charge in [-0.2, -0.15) is 0 Å². The van der Waals surface area contributed by atoms with Crippen LogP contribution in [0.5, 0.6) is 0 Å². The first-order chi connectivity index (χ1) is 12.2. The van der Waals surface area contributed by atoms with Crippen LogP contribution in [0.25, 0.3) is 11.0 Å². The summed E-state index contributed by atoms with van der Waals surface area (Å²) in [5.41, 5.74) is 2.40. The van der Waals surface area contributed by atoms with Gasteiger partial charge in [-0.25, -0.2) is 0 Å². The number of rotatable bonds is 2. The molecule has 6 heteroatoms. The lowest BCUT2D eigenvalue weighted by Crippen LogP contribution is -2.48. The van der Waals surface area contributed by atoms with Crippen molar-refractivity contribution < 1.29 is 9.21 Å². The highest BCUT2D eigenvalue weighted by atomic mass is 35.5. The van der Waals surface area contributed by atoms with Gasteiger partial charge >= 0.3 is 0 Å². The first-order valence-electron chi connectivity index (χ1n) is 8.26. The Bertz CT molecular complexity index is 923. The Morgan fingerprint density at radius 3 is 3.00 bits per heavy atom. The van der Waals surface area contributed by atoms with E-state index < -0.39 is 0 Å². The van der Waals surface area contributed by atoms with Gasteiger partial charge in [-0.05, 0) is 24.6 Å². The standard InChI is InChI=1S/C19H18ClN3O2/c1-12-14-5-2-6-15(20)18(14)25-17(12)19(24)23-9-8-22-11-16(23)13-4-3-7-21-10-13/h2-7,10,16,22H,8-9,11H2,1H3. The maximum atomic E-state index is 13.2. The van der Waals surface area contributed by atoms with Crippen molar-refractivity contribution in [3.8, 4) is 0 Å². The van der Waals surface area contributed by atoms with E-state index in [0.29, 0.717) is 29.5 Å². The lowest BCUT2D eigenvalue weighted by Gasteiger charge is -2.36. The van der Waals surface area contributed by atoms with Crippen molar-refractivity contribution in [3.63, 3.8) is 0 Å². The fraction of sp³-hybridized carbons (Fsp3) is 0.263. The minimum atomic E-state index is -0.111. The van der Waals surface area contributed by atoms with E-state index in [0.717, 1.165) is 23.1 Å². The number of halogens is 1. The molecule has 1 aliphatic heterocycles. The maximum Gasteiger partial charge on any atom is 0.290 e. The number of amides is 1. The normalized spacial score (nSPS) is 17.8. The molecule has 128 valence electrons. The summed E-state index contributed by atoms with van der Waals surface area (Å²) in [6.45, 7) is 3.96. The molecule has 0 saturated carbocycles. The van der Waals surface area contributed by atoms with Gasteiger partial charge in [0, 0.05) is 43.0 Å². The van der Waals surface area contributed by atoms with Crippen LogP contribution in [0.3, 0.4) is 0 Å². The second kappa shape index (κ2) is 6.50. The minimum Gasteiger partial charge on any atom is -0.449 e. The Morgan fingerprint density at radius 1 is 1.36 bits per heavy atom. The molecule has 3 aromatic rings. The number of hydrogen-bond donors (Lipinski definition) is 1. The van der Waals surface area contributed by atoms with Gasteiger partial charge in [0.05, 0.1) is 11.1 Å². The molecule has 4 rings (SSSR count). The van der Waals surface area contributed by atoms with Crippen LogP contribution >= 0.6 is 11.6 Å². The quantitative estimate of drug-likeness (QED) is 0.763. The molecular formula is C19H18ClN3O2. The molecule has 0 bridgehead atoms. The van der Waals surface area contributed by atoms with E-state index in [1.165, 1.54) is 0 Å². The number of furan rings is 1. The Morgan fingerprint density at radius 2 is 2.24 bits per heavy atom. The molecule has 25 heavy (non-hydrogen) atoms. The number of pyridine rings is 1. The van der Waals surface area contributed by atoms with Crippen molar-refractivity contribution in [3.05, 3.63) is 64.6 Å². The Hall–Kier alpha value is -2.37. The molecule has 0 radical (unpaired) electrons. The molecule has 1 amide bonds. The number of carbonyl (C=O) groups excluding carboxylic acids is 1. The zero-order valence-corrected chi connectivity index (χ0v) is 14.6. The monoisotopic (exact) mass is 355 g/mol. The van der Waals surface area contributed by atoms with Gasteiger partial charge < -0.3 is 14.6 Å². The van der Waals surface area contributed by atoms with Crippen LogP contribution in [-0.4, -0.2) is 35.4 Å². The van der Waals surface area contributed by atoms with E-state index in [1.807, 2.05) is 36.1 Å². The molecule has 2 aromatic heterocycles. The molecule has 3 heterocycles. The summed E-state index contributed by atoms with van der Waals surface area (Å²) < 4.78 is 5.87. The zero-order valence-electron chi connectivity index (χ0n) is 13.8. The average Bonchev–Trinajstić information content (AvgIpc) is 3.00. The van der Waals surface area contributed by atoms with E-state index in [4.69, 9.17) is 16.0 Å². The molecule has 1 aromatic carbocycles. The van der Waals surface area contributed by atoms with Gasteiger partial charge in [-0.1, -0.05) is 29.8 Å². The van der Waals surface area contributed by atoms with Crippen molar-refractivity contribution in [2.75, 3.05) is 19.6 Å². The largest absolute Gasteiger partial charge is 0.449 e. The van der Waals surface area contributed by atoms with Crippen LogP contribution in [0, 0.1) is 6.92 Å². The molecule has 1 saturated heterocycles. The lowest BCUT2D eigenvalue weighted by atomic mass is 10.0. The van der Waals surface area contributed by atoms with Gasteiger partial charge in [0.1, 0.15) is 0 Å². The zero-order chi connectivity index (χ0) is 17.4. The van der Waals surface area contributed by atoms with Crippen LogP contribution in [0.2, 0.25) is 5.02 Å². The third-order valence-electron chi connectivity index (χ3n) is 4.68. The molecule has 0 spiro atoms. The van der Waals surface area contributed by atoms with E-state index in [2.05, 4.69) is 10.3 Å². The number of aromatic nitrogens is 1. The van der Waals surface area contributed by atoms with Crippen molar-refractivity contribution >= 4 is 28.5 Å². The Labute approximate surface area is 150 Å². The molecule has 0 aliphatic carbocycles. The highest BCUT2D eigenvalue weighted by molar-refractivity contribution is 6.35. The third kappa shape index (κ3) is 2.79. The molecule has 1 atom stereocenters. The fourth-order valence-corrected chi connectivity index (χ4v) is 3.57. The predicted octanol–water partition coefficient (Wildman–Crippen LogP) is 3.58. The van der Waals surface area contributed by atoms with Crippen molar-refractivity contribution in [1.82, 2.24) is 15.2 Å². The summed E-state index contributed by atoms with van der Waals surface area (Å²) in [6, 6.07) is 9.37. The number of piperazine rings is 1. The van der Waals surface area contributed by atoms with Gasteiger partial charge in [0.15, 0.2) is 11.3 Å². The SMILES string of the molecule is Cc1c(C(=O)N2CCNCC2c2cccnc2)oc2c(Cl)cccc12. The lowest BCUT2D eigenvalue weighted by molar-refractivity contribution is 0.0602. The van der Waals surface area contributed by atoms with Crippen LogP contribution in [-0.2, 0) is 0 Å². The Balaban J connectivity index is 1.74. The Kier molecular flexibility index (Phi) is 4.19. The van der Waals surface area contributed by atoms with E-state index in [9.17, 15) is 4.79 Å². The van der Waals surface area contributed by atoms with Crippen molar-refractivity contribution in [2.24, 2.45) is 0 Å². The van der Waals surface area contributed by atoms with E-state index in [1.54, 1.807) is 18.5 Å². The van der Waals surface area contributed by atoms with E-state index in [-0.39, 0.29) is 11.9 Å². The first-order valence-corrected chi connectivity index (χ1v) is 8.64. The number of nitrogens with one attached hydrogen (secondary N) is 1. The van der Waals surface area contributed by atoms with Gasteiger partial charge in [0.25, 0.3) is 5.91 Å². The molecular weight excluding hydrogens is 338 g/mol. The fourth-order valence-electron chi connectivity index (χ4n) is 3.36. The number of hydrogen-bond acceptors (Lipinski definition) is 4. The average molecular weight is 356 g/mol. The summed E-state index contributed by atoms with van der Waals surface area (Å²) in [5, 5.41) is 4.74. The summed E-state index contributed by atoms with van der Waals surface area (Å²) in [6.07, 6.45) is 3.54. The van der Waals surface area contributed by atoms with Gasteiger partial charge in [-0.3, -0.25) is 9.78 Å². The summed E-state index contributed by atoms with van der Waals surface area (Å²) in [5.74, 6) is 0.249. The third-order valence-corrected chi connectivity index (χ3v) is 4.98. The number of carbonyl (C=O) groups is 1. The molecule has 1 fully saturated rings. The highest BCUT2D eigenvalue weighted by Crippen LogP contribution is 2.33. The van der Waals surface area contributed by atoms with E-state index >= 15 is 0 Å². The number of fused-ring (bicyclic) bond motifs is 1. The molecule has 5 nitrogen and oxygen atoms in total. The first kappa shape index (κ1) is 16.1. The number of aryl methyl sites for hydroxylation is 1. The second-order valence-corrected chi connectivity index (χ2v) is 6.58. The molecule has 1 unspecified atom stereocenters. The van der Waals surface area contributed by atoms with Crippen LogP contribution < -0.4 is 5.32 Å². The molecule has 1 N–H and O–H groups in total. The highest BCUT2D eigenvalue weighted by Gasteiger charge is 2.32. The number of nitrogens with zero attached hydrogens (tertiary/aromatic N) is 2. The summed E-state index contributed by atoms with van der Waals surface area (Å²) in [4.78, 5) is 19.3. The van der Waals surface area contributed by atoms with Gasteiger partial charge in [-0.15, -0.1) is 0 Å². The summed E-state index contributed by atoms with van der Waals surface area (Å²) in [7, 11) is 0.